The number of carbonyl (C=O) groups excluding carboxylic acids is 1. The monoisotopic (exact) mass is 326 g/mol. The predicted octanol–water partition coefficient (Wildman–Crippen LogP) is 3.88. The number of benzene rings is 1. The number of halogens is 3. The van der Waals surface area contributed by atoms with Gasteiger partial charge in [0.2, 0.25) is 0 Å². The Hall–Kier alpha value is -1.72. The molecule has 0 radical (unpaired) electrons. The molecule has 6 heteroatoms. The highest BCUT2D eigenvalue weighted by Crippen LogP contribution is 2.37. The SMILES string of the molecule is O=C(N[C@H]1CCC[C@H](C(F)(F)F)C1)N1CCc2ccccc2C1. The fourth-order valence-corrected chi connectivity index (χ4v) is 3.55. The van der Waals surface area contributed by atoms with Crippen LogP contribution in [0.3, 0.4) is 0 Å². The van der Waals surface area contributed by atoms with Crippen LogP contribution in [0, 0.1) is 5.92 Å². The van der Waals surface area contributed by atoms with Crippen LogP contribution in [0.25, 0.3) is 0 Å². The van der Waals surface area contributed by atoms with Gasteiger partial charge in [-0.15, -0.1) is 0 Å². The summed E-state index contributed by atoms with van der Waals surface area (Å²) in [5, 5.41) is 2.81. The molecule has 3 nitrogen and oxygen atoms in total. The van der Waals surface area contributed by atoms with E-state index in [0.717, 1.165) is 12.0 Å². The van der Waals surface area contributed by atoms with E-state index in [4.69, 9.17) is 0 Å². The fourth-order valence-electron chi connectivity index (χ4n) is 3.55. The minimum Gasteiger partial charge on any atom is -0.335 e. The van der Waals surface area contributed by atoms with Crippen molar-refractivity contribution in [2.75, 3.05) is 6.54 Å². The van der Waals surface area contributed by atoms with Gasteiger partial charge in [0.15, 0.2) is 0 Å². The summed E-state index contributed by atoms with van der Waals surface area (Å²) >= 11 is 0. The van der Waals surface area contributed by atoms with E-state index in [9.17, 15) is 18.0 Å². The Morgan fingerprint density at radius 3 is 2.65 bits per heavy atom. The summed E-state index contributed by atoms with van der Waals surface area (Å²) in [6, 6.07) is 7.35. The zero-order valence-electron chi connectivity index (χ0n) is 12.9. The molecule has 0 spiro atoms. The van der Waals surface area contributed by atoms with Gasteiger partial charge in [-0.1, -0.05) is 30.7 Å². The van der Waals surface area contributed by atoms with E-state index in [1.165, 1.54) is 5.56 Å². The molecule has 1 aliphatic carbocycles. The number of rotatable bonds is 1. The number of fused-ring (bicyclic) bond motifs is 1. The van der Waals surface area contributed by atoms with Gasteiger partial charge < -0.3 is 10.2 Å². The number of urea groups is 1. The van der Waals surface area contributed by atoms with Crippen LogP contribution in [0.2, 0.25) is 0 Å². The zero-order valence-corrected chi connectivity index (χ0v) is 12.9. The topological polar surface area (TPSA) is 32.3 Å². The molecule has 1 aromatic carbocycles. The summed E-state index contributed by atoms with van der Waals surface area (Å²) in [6.45, 7) is 1.13. The van der Waals surface area contributed by atoms with Gasteiger partial charge in [-0.2, -0.15) is 13.2 Å². The Labute approximate surface area is 133 Å². The second-order valence-corrected chi connectivity index (χ2v) is 6.49. The van der Waals surface area contributed by atoms with Crippen LogP contribution < -0.4 is 5.32 Å². The number of alkyl halides is 3. The van der Waals surface area contributed by atoms with Crippen molar-refractivity contribution in [1.82, 2.24) is 10.2 Å². The highest BCUT2D eigenvalue weighted by molar-refractivity contribution is 5.75. The molecule has 3 rings (SSSR count). The first-order valence-corrected chi connectivity index (χ1v) is 8.12. The van der Waals surface area contributed by atoms with Gasteiger partial charge in [0, 0.05) is 19.1 Å². The van der Waals surface area contributed by atoms with Crippen molar-refractivity contribution in [3.63, 3.8) is 0 Å². The number of amides is 2. The lowest BCUT2D eigenvalue weighted by Gasteiger charge is -2.34. The summed E-state index contributed by atoms with van der Waals surface area (Å²) in [4.78, 5) is 14.1. The molecule has 23 heavy (non-hydrogen) atoms. The number of nitrogens with one attached hydrogen (secondary N) is 1. The van der Waals surface area contributed by atoms with Crippen molar-refractivity contribution in [2.24, 2.45) is 5.92 Å². The lowest BCUT2D eigenvalue weighted by molar-refractivity contribution is -0.183. The minimum atomic E-state index is -4.16. The molecule has 0 saturated heterocycles. The van der Waals surface area contributed by atoms with Crippen molar-refractivity contribution in [2.45, 2.75) is 50.9 Å². The van der Waals surface area contributed by atoms with Gasteiger partial charge >= 0.3 is 12.2 Å². The van der Waals surface area contributed by atoms with E-state index in [1.54, 1.807) is 4.90 Å². The maximum absolute atomic E-state index is 12.8. The third kappa shape index (κ3) is 3.79. The smallest absolute Gasteiger partial charge is 0.335 e. The summed E-state index contributed by atoms with van der Waals surface area (Å²) in [5.74, 6) is -1.29. The maximum Gasteiger partial charge on any atom is 0.391 e. The third-order valence-electron chi connectivity index (χ3n) is 4.88. The Morgan fingerprint density at radius 2 is 1.91 bits per heavy atom. The normalized spacial score (nSPS) is 24.9. The van der Waals surface area contributed by atoms with Gasteiger partial charge in [0.1, 0.15) is 0 Å². The molecule has 0 bridgehead atoms. The quantitative estimate of drug-likeness (QED) is 0.835. The summed E-state index contributed by atoms with van der Waals surface area (Å²) in [6.07, 6.45) is -2.06. The van der Waals surface area contributed by atoms with Gasteiger partial charge in [0.05, 0.1) is 5.92 Å². The molecule has 0 aromatic heterocycles. The molecule has 126 valence electrons. The Bertz CT molecular complexity index is 573. The first-order chi connectivity index (χ1) is 10.9. The van der Waals surface area contributed by atoms with Crippen LogP contribution in [-0.4, -0.2) is 29.7 Å². The van der Waals surface area contributed by atoms with E-state index in [0.29, 0.717) is 25.9 Å². The van der Waals surface area contributed by atoms with Crippen LogP contribution in [0.4, 0.5) is 18.0 Å². The van der Waals surface area contributed by atoms with E-state index >= 15 is 0 Å². The van der Waals surface area contributed by atoms with Crippen molar-refractivity contribution < 1.29 is 18.0 Å². The largest absolute Gasteiger partial charge is 0.391 e. The van der Waals surface area contributed by atoms with E-state index in [2.05, 4.69) is 11.4 Å². The van der Waals surface area contributed by atoms with Crippen molar-refractivity contribution in [1.29, 1.82) is 0 Å². The third-order valence-corrected chi connectivity index (χ3v) is 4.88. The Balaban J connectivity index is 1.57. The second-order valence-electron chi connectivity index (χ2n) is 6.49. The average molecular weight is 326 g/mol. The standard InChI is InChI=1S/C17H21F3N2O/c18-17(19,20)14-6-3-7-15(10-14)21-16(23)22-9-8-12-4-1-2-5-13(12)11-22/h1-2,4-5,14-15H,3,6-11H2,(H,21,23)/t14-,15-/m0/s1. The van der Waals surface area contributed by atoms with Gasteiger partial charge in [-0.25, -0.2) is 4.79 Å². The van der Waals surface area contributed by atoms with Gasteiger partial charge in [-0.3, -0.25) is 0 Å². The summed E-state index contributed by atoms with van der Waals surface area (Å²) in [7, 11) is 0. The Morgan fingerprint density at radius 1 is 1.17 bits per heavy atom. The second kappa shape index (κ2) is 6.42. The van der Waals surface area contributed by atoms with Crippen LogP contribution in [0.15, 0.2) is 24.3 Å². The molecule has 1 heterocycles. The first kappa shape index (κ1) is 16.1. The van der Waals surface area contributed by atoms with E-state index in [-0.39, 0.29) is 24.9 Å². The summed E-state index contributed by atoms with van der Waals surface area (Å²) < 4.78 is 38.5. The molecule has 1 saturated carbocycles. The Kier molecular flexibility index (Phi) is 4.50. The van der Waals surface area contributed by atoms with Crippen molar-refractivity contribution in [3.8, 4) is 0 Å². The lowest BCUT2D eigenvalue weighted by Crippen LogP contribution is -2.48. The number of hydrogen-bond acceptors (Lipinski definition) is 1. The van der Waals surface area contributed by atoms with Crippen LogP contribution in [0.5, 0.6) is 0 Å². The fraction of sp³-hybridized carbons (Fsp3) is 0.588. The molecule has 1 fully saturated rings. The molecular formula is C17H21F3N2O. The van der Waals surface area contributed by atoms with Gasteiger partial charge in [0.25, 0.3) is 0 Å². The van der Waals surface area contributed by atoms with Crippen molar-refractivity contribution >= 4 is 6.03 Å². The molecule has 1 aliphatic heterocycles. The molecule has 2 aliphatic rings. The maximum atomic E-state index is 12.8. The van der Waals surface area contributed by atoms with Crippen molar-refractivity contribution in [3.05, 3.63) is 35.4 Å². The molecule has 1 aromatic rings. The molecular weight excluding hydrogens is 305 g/mol. The average Bonchev–Trinajstić information content (AvgIpc) is 2.54. The molecule has 2 atom stereocenters. The molecule has 0 unspecified atom stereocenters. The number of hydrogen-bond donors (Lipinski definition) is 1. The highest BCUT2D eigenvalue weighted by atomic mass is 19.4. The molecule has 1 N–H and O–H groups in total. The predicted molar refractivity (Wildman–Crippen MR) is 80.9 cm³/mol. The first-order valence-electron chi connectivity index (χ1n) is 8.12. The van der Waals surface area contributed by atoms with E-state index in [1.807, 2.05) is 18.2 Å². The van der Waals surface area contributed by atoms with Crippen LogP contribution in [-0.2, 0) is 13.0 Å². The lowest BCUT2D eigenvalue weighted by atomic mass is 9.85. The number of carbonyl (C=O) groups is 1. The summed E-state index contributed by atoms with van der Waals surface area (Å²) in [5.41, 5.74) is 2.36. The van der Waals surface area contributed by atoms with Crippen LogP contribution in [0.1, 0.15) is 36.8 Å². The minimum absolute atomic E-state index is 0.000330. The zero-order chi connectivity index (χ0) is 16.4. The molecule has 2 amide bonds. The number of nitrogens with zero attached hydrogens (tertiary/aromatic N) is 1. The van der Waals surface area contributed by atoms with Gasteiger partial charge in [-0.05, 0) is 36.8 Å². The van der Waals surface area contributed by atoms with Crippen LogP contribution >= 0.6 is 0 Å². The highest BCUT2D eigenvalue weighted by Gasteiger charge is 2.42. The van der Waals surface area contributed by atoms with E-state index < -0.39 is 12.1 Å².